The van der Waals surface area contributed by atoms with Crippen molar-refractivity contribution in [2.24, 2.45) is 0 Å². The van der Waals surface area contributed by atoms with Gasteiger partial charge in [0.2, 0.25) is 5.91 Å². The van der Waals surface area contributed by atoms with Crippen LogP contribution >= 0.6 is 0 Å². The number of carbonyl (C=O) groups is 1. The monoisotopic (exact) mass is 205 g/mol. The molecule has 0 bridgehead atoms. The van der Waals surface area contributed by atoms with Crippen LogP contribution in [-0.2, 0) is 4.79 Å². The number of rotatable bonds is 7. The van der Waals surface area contributed by atoms with Crippen LogP contribution in [0.2, 0.25) is 0 Å². The van der Waals surface area contributed by atoms with E-state index in [2.05, 4.69) is 18.5 Å². The maximum Gasteiger partial charge on any atom is 0.220 e. The zero-order valence-electron chi connectivity index (χ0n) is 9.33. The minimum atomic E-state index is 0.0814. The molecule has 0 heterocycles. The topological polar surface area (TPSA) is 29.1 Å². The van der Waals surface area contributed by atoms with Gasteiger partial charge in [-0.3, -0.25) is 4.79 Å². The molecule has 1 N–H and O–H groups in total. The Balaban J connectivity index is 4.05. The van der Waals surface area contributed by atoms with Crippen LogP contribution in [0.1, 0.15) is 19.8 Å². The van der Waals surface area contributed by atoms with Crippen LogP contribution in [0.3, 0.4) is 0 Å². The molecule has 0 aromatic rings. The van der Waals surface area contributed by atoms with Gasteiger partial charge in [-0.25, -0.2) is 0 Å². The fourth-order valence-electron chi connectivity index (χ4n) is 1.05. The molecule has 0 saturated carbocycles. The molecule has 0 atom stereocenters. The summed E-state index contributed by atoms with van der Waals surface area (Å²) in [7, 11) is 0. The number of hydrogen-bond donors (Lipinski definition) is 1. The van der Waals surface area contributed by atoms with Gasteiger partial charge in [0.1, 0.15) is 0 Å². The number of amides is 1. The fourth-order valence-corrected chi connectivity index (χ4v) is 1.05. The van der Waals surface area contributed by atoms with Gasteiger partial charge in [-0.1, -0.05) is 43.5 Å². The van der Waals surface area contributed by atoms with Crippen LogP contribution in [0.4, 0.5) is 0 Å². The Hall–Kier alpha value is -1.57. The van der Waals surface area contributed by atoms with E-state index >= 15 is 0 Å². The van der Waals surface area contributed by atoms with Crippen LogP contribution in [-0.4, -0.2) is 12.5 Å². The second-order valence-electron chi connectivity index (χ2n) is 3.02. The lowest BCUT2D eigenvalue weighted by atomic mass is 10.1. The molecule has 15 heavy (non-hydrogen) atoms. The molecular formula is C13H19NO. The van der Waals surface area contributed by atoms with E-state index in [1.165, 1.54) is 0 Å². The summed E-state index contributed by atoms with van der Waals surface area (Å²) < 4.78 is 0. The van der Waals surface area contributed by atoms with Gasteiger partial charge >= 0.3 is 0 Å². The van der Waals surface area contributed by atoms with Gasteiger partial charge in [0.15, 0.2) is 0 Å². The van der Waals surface area contributed by atoms with Crippen molar-refractivity contribution in [2.45, 2.75) is 19.8 Å². The molecule has 0 radical (unpaired) electrons. The highest BCUT2D eigenvalue weighted by atomic mass is 16.1. The smallest absolute Gasteiger partial charge is 0.220 e. The van der Waals surface area contributed by atoms with E-state index in [0.29, 0.717) is 13.0 Å². The molecule has 0 aliphatic heterocycles. The number of carbonyl (C=O) groups excluding carboxylic acids is 1. The first kappa shape index (κ1) is 13.4. The van der Waals surface area contributed by atoms with Gasteiger partial charge in [0.25, 0.3) is 0 Å². The number of allylic oxidation sites excluding steroid dienone is 6. The Morgan fingerprint density at radius 3 is 2.53 bits per heavy atom. The van der Waals surface area contributed by atoms with Crippen molar-refractivity contribution in [3.8, 4) is 0 Å². The molecule has 2 nitrogen and oxygen atoms in total. The molecular weight excluding hydrogens is 186 g/mol. The second-order valence-corrected chi connectivity index (χ2v) is 3.02. The lowest BCUT2D eigenvalue weighted by Crippen LogP contribution is -2.22. The van der Waals surface area contributed by atoms with Gasteiger partial charge < -0.3 is 5.32 Å². The van der Waals surface area contributed by atoms with Crippen LogP contribution in [0, 0.1) is 0 Å². The summed E-state index contributed by atoms with van der Waals surface area (Å²) >= 11 is 0. The fraction of sp³-hybridized carbons (Fsp3) is 0.308. The maximum atomic E-state index is 11.2. The third-order valence-corrected chi connectivity index (χ3v) is 1.83. The SMILES string of the molecule is C=C/C=C\C=C(/C=C)CCC(=O)NCC. The molecule has 0 rings (SSSR count). The van der Waals surface area contributed by atoms with Crippen molar-refractivity contribution >= 4 is 5.91 Å². The summed E-state index contributed by atoms with van der Waals surface area (Å²) in [6, 6.07) is 0. The van der Waals surface area contributed by atoms with E-state index in [-0.39, 0.29) is 5.91 Å². The van der Waals surface area contributed by atoms with E-state index < -0.39 is 0 Å². The highest BCUT2D eigenvalue weighted by Crippen LogP contribution is 2.06. The van der Waals surface area contributed by atoms with Crippen LogP contribution < -0.4 is 5.32 Å². The van der Waals surface area contributed by atoms with Crippen molar-refractivity contribution in [1.82, 2.24) is 5.32 Å². The van der Waals surface area contributed by atoms with E-state index in [0.717, 1.165) is 12.0 Å². The molecule has 0 spiro atoms. The van der Waals surface area contributed by atoms with Crippen LogP contribution in [0.25, 0.3) is 0 Å². The van der Waals surface area contributed by atoms with Crippen LogP contribution in [0.5, 0.6) is 0 Å². The molecule has 0 saturated heterocycles. The Bertz CT molecular complexity index is 274. The van der Waals surface area contributed by atoms with Gasteiger partial charge in [-0.05, 0) is 18.9 Å². The molecule has 0 fully saturated rings. The minimum Gasteiger partial charge on any atom is -0.356 e. The number of nitrogens with one attached hydrogen (secondary N) is 1. The third kappa shape index (κ3) is 7.50. The predicted molar refractivity (Wildman–Crippen MR) is 65.5 cm³/mol. The zero-order chi connectivity index (χ0) is 11.5. The normalized spacial score (nSPS) is 11.4. The van der Waals surface area contributed by atoms with Gasteiger partial charge in [-0.2, -0.15) is 0 Å². The van der Waals surface area contributed by atoms with Gasteiger partial charge in [-0.15, -0.1) is 0 Å². The molecule has 0 aliphatic rings. The molecule has 1 amide bonds. The standard InChI is InChI=1S/C13H19NO/c1-4-7-8-9-12(5-2)10-11-13(15)14-6-3/h4-5,7-9H,1-2,6,10-11H2,3H3,(H,14,15)/b8-7-,12-9+. The van der Waals surface area contributed by atoms with Crippen molar-refractivity contribution in [1.29, 1.82) is 0 Å². The van der Waals surface area contributed by atoms with E-state index in [1.807, 2.05) is 25.2 Å². The summed E-state index contributed by atoms with van der Waals surface area (Å²) in [4.78, 5) is 11.2. The average molecular weight is 205 g/mol. The Morgan fingerprint density at radius 2 is 2.00 bits per heavy atom. The summed E-state index contributed by atoms with van der Waals surface area (Å²) in [6.45, 7) is 9.87. The summed E-state index contributed by atoms with van der Waals surface area (Å²) in [5.74, 6) is 0.0814. The van der Waals surface area contributed by atoms with Gasteiger partial charge in [0, 0.05) is 13.0 Å². The van der Waals surface area contributed by atoms with Crippen molar-refractivity contribution in [3.63, 3.8) is 0 Å². The zero-order valence-corrected chi connectivity index (χ0v) is 9.33. The first-order chi connectivity index (χ1) is 7.24. The average Bonchev–Trinajstić information content (AvgIpc) is 2.23. The lowest BCUT2D eigenvalue weighted by Gasteiger charge is -2.02. The first-order valence-electron chi connectivity index (χ1n) is 5.12. The molecule has 0 aromatic carbocycles. The Labute approximate surface area is 92.1 Å². The molecule has 2 heteroatoms. The highest BCUT2D eigenvalue weighted by molar-refractivity contribution is 5.76. The second kappa shape index (κ2) is 9.00. The van der Waals surface area contributed by atoms with Crippen molar-refractivity contribution in [3.05, 3.63) is 49.1 Å². The minimum absolute atomic E-state index is 0.0814. The molecule has 0 unspecified atom stereocenters. The largest absolute Gasteiger partial charge is 0.356 e. The Kier molecular flexibility index (Phi) is 8.06. The van der Waals surface area contributed by atoms with Crippen molar-refractivity contribution in [2.75, 3.05) is 6.54 Å². The number of hydrogen-bond acceptors (Lipinski definition) is 1. The Morgan fingerprint density at radius 1 is 1.27 bits per heavy atom. The summed E-state index contributed by atoms with van der Waals surface area (Å²) in [5, 5.41) is 2.76. The lowest BCUT2D eigenvalue weighted by molar-refractivity contribution is -0.120. The quantitative estimate of drug-likeness (QED) is 0.636. The van der Waals surface area contributed by atoms with Gasteiger partial charge in [0.05, 0.1) is 0 Å². The van der Waals surface area contributed by atoms with E-state index in [1.54, 1.807) is 12.2 Å². The predicted octanol–water partition coefficient (Wildman–Crippen LogP) is 2.76. The van der Waals surface area contributed by atoms with E-state index in [9.17, 15) is 4.79 Å². The molecule has 82 valence electrons. The molecule has 0 aliphatic carbocycles. The highest BCUT2D eigenvalue weighted by Gasteiger charge is 1.99. The summed E-state index contributed by atoms with van der Waals surface area (Å²) in [5.41, 5.74) is 1.05. The maximum absolute atomic E-state index is 11.2. The van der Waals surface area contributed by atoms with E-state index in [4.69, 9.17) is 0 Å². The van der Waals surface area contributed by atoms with Crippen molar-refractivity contribution < 1.29 is 4.79 Å². The third-order valence-electron chi connectivity index (χ3n) is 1.83. The molecule has 0 aromatic heterocycles. The first-order valence-corrected chi connectivity index (χ1v) is 5.12. The van der Waals surface area contributed by atoms with Crippen LogP contribution in [0.15, 0.2) is 49.1 Å². The summed E-state index contributed by atoms with van der Waals surface area (Å²) in [6.07, 6.45) is 10.4.